The average Bonchev–Trinajstić information content (AvgIpc) is 2.95. The monoisotopic (exact) mass is 302 g/mol. The lowest BCUT2D eigenvalue weighted by molar-refractivity contribution is 0.185. The van der Waals surface area contributed by atoms with Gasteiger partial charge in [-0.2, -0.15) is 5.10 Å². The Balaban J connectivity index is 1.85. The molecule has 0 aliphatic heterocycles. The van der Waals surface area contributed by atoms with E-state index in [2.05, 4.69) is 15.7 Å². The zero-order valence-corrected chi connectivity index (χ0v) is 13.2. The minimum atomic E-state index is -0.250. The molecule has 118 valence electrons. The van der Waals surface area contributed by atoms with Crippen molar-refractivity contribution in [3.05, 3.63) is 47.8 Å². The van der Waals surface area contributed by atoms with Gasteiger partial charge in [-0.25, -0.2) is 4.79 Å². The fraction of sp³-hybridized carbons (Fsp3) is 0.375. The molecule has 2 N–H and O–H groups in total. The van der Waals surface area contributed by atoms with Crippen molar-refractivity contribution in [3.8, 4) is 0 Å². The molecule has 0 unspecified atom stereocenters. The molecule has 2 amide bonds. The van der Waals surface area contributed by atoms with Crippen molar-refractivity contribution in [1.29, 1.82) is 0 Å². The summed E-state index contributed by atoms with van der Waals surface area (Å²) in [5, 5.41) is 9.78. The minimum Gasteiger partial charge on any atom is -0.380 e. The topological polar surface area (TPSA) is 68.2 Å². The van der Waals surface area contributed by atoms with Crippen LogP contribution in [0.3, 0.4) is 0 Å². The number of benzene rings is 1. The number of carbonyl (C=O) groups excluding carboxylic acids is 1. The van der Waals surface area contributed by atoms with Crippen molar-refractivity contribution < 1.29 is 9.53 Å². The normalized spacial score (nSPS) is 10.7. The Morgan fingerprint density at radius 3 is 2.82 bits per heavy atom. The number of urea groups is 1. The first-order valence-corrected chi connectivity index (χ1v) is 7.24. The standard InChI is InChI=1S/C16H22N4O2/c1-12(2)20-10-15(9-18-20)19-16(21)17-8-13-5-4-6-14(7-13)11-22-3/h4-7,9-10,12H,8,11H2,1-3H3,(H2,17,19,21). The Morgan fingerprint density at radius 1 is 1.36 bits per heavy atom. The van der Waals surface area contributed by atoms with Crippen molar-refractivity contribution in [2.45, 2.75) is 33.0 Å². The quantitative estimate of drug-likeness (QED) is 0.862. The number of methoxy groups -OCH3 is 1. The van der Waals surface area contributed by atoms with Crippen LogP contribution in [0.4, 0.5) is 10.5 Å². The SMILES string of the molecule is COCc1cccc(CNC(=O)Nc2cnn(C(C)C)c2)c1. The number of ether oxygens (including phenoxy) is 1. The molecule has 1 heterocycles. The molecule has 0 atom stereocenters. The summed E-state index contributed by atoms with van der Waals surface area (Å²) in [7, 11) is 1.66. The van der Waals surface area contributed by atoms with Gasteiger partial charge >= 0.3 is 6.03 Å². The van der Waals surface area contributed by atoms with Crippen LogP contribution in [-0.4, -0.2) is 22.9 Å². The van der Waals surface area contributed by atoms with E-state index >= 15 is 0 Å². The van der Waals surface area contributed by atoms with Gasteiger partial charge in [0.15, 0.2) is 0 Å². The lowest BCUT2D eigenvalue weighted by Gasteiger charge is -2.08. The van der Waals surface area contributed by atoms with E-state index in [1.807, 2.05) is 44.3 Å². The second kappa shape index (κ2) is 7.61. The number of hydrogen-bond donors (Lipinski definition) is 2. The molecule has 0 aliphatic rings. The number of hydrogen-bond acceptors (Lipinski definition) is 3. The molecular weight excluding hydrogens is 280 g/mol. The summed E-state index contributed by atoms with van der Waals surface area (Å²) in [6, 6.07) is 7.95. The highest BCUT2D eigenvalue weighted by molar-refractivity contribution is 5.88. The van der Waals surface area contributed by atoms with Gasteiger partial charge in [0, 0.05) is 25.9 Å². The maximum atomic E-state index is 11.9. The fourth-order valence-electron chi connectivity index (χ4n) is 2.04. The molecule has 0 bridgehead atoms. The molecular formula is C16H22N4O2. The first-order valence-electron chi connectivity index (χ1n) is 7.24. The molecule has 0 fully saturated rings. The van der Waals surface area contributed by atoms with Gasteiger partial charge in [-0.05, 0) is 25.0 Å². The number of amides is 2. The molecule has 0 aliphatic carbocycles. The van der Waals surface area contributed by atoms with Crippen molar-refractivity contribution in [1.82, 2.24) is 15.1 Å². The van der Waals surface area contributed by atoms with E-state index in [-0.39, 0.29) is 12.1 Å². The Bertz CT molecular complexity index is 622. The Hall–Kier alpha value is -2.34. The second-order valence-electron chi connectivity index (χ2n) is 5.36. The van der Waals surface area contributed by atoms with Gasteiger partial charge in [0.05, 0.1) is 18.5 Å². The van der Waals surface area contributed by atoms with E-state index in [0.717, 1.165) is 11.1 Å². The van der Waals surface area contributed by atoms with Crippen LogP contribution in [0.1, 0.15) is 31.0 Å². The molecule has 2 aromatic rings. The van der Waals surface area contributed by atoms with E-state index in [9.17, 15) is 4.79 Å². The Kier molecular flexibility index (Phi) is 5.55. The lowest BCUT2D eigenvalue weighted by atomic mass is 10.1. The second-order valence-corrected chi connectivity index (χ2v) is 5.36. The summed E-state index contributed by atoms with van der Waals surface area (Å²) in [4.78, 5) is 11.9. The number of nitrogens with zero attached hydrogens (tertiary/aromatic N) is 2. The molecule has 2 rings (SSSR count). The summed E-state index contributed by atoms with van der Waals surface area (Å²) in [6.07, 6.45) is 3.45. The fourth-order valence-corrected chi connectivity index (χ4v) is 2.04. The van der Waals surface area contributed by atoms with Gasteiger partial charge in [0.25, 0.3) is 0 Å². The number of aromatic nitrogens is 2. The molecule has 6 heteroatoms. The molecule has 1 aromatic carbocycles. The van der Waals surface area contributed by atoms with Gasteiger partial charge in [-0.15, -0.1) is 0 Å². The molecule has 0 spiro atoms. The first-order chi connectivity index (χ1) is 10.6. The third kappa shape index (κ3) is 4.60. The van der Waals surface area contributed by atoms with Gasteiger partial charge in [0.2, 0.25) is 0 Å². The van der Waals surface area contributed by atoms with Gasteiger partial charge in [-0.1, -0.05) is 24.3 Å². The number of carbonyl (C=O) groups is 1. The lowest BCUT2D eigenvalue weighted by Crippen LogP contribution is -2.28. The zero-order valence-electron chi connectivity index (χ0n) is 13.2. The summed E-state index contributed by atoms with van der Waals surface area (Å²) in [5.41, 5.74) is 2.79. The third-order valence-corrected chi connectivity index (χ3v) is 3.14. The molecule has 0 saturated carbocycles. The highest BCUT2D eigenvalue weighted by Gasteiger charge is 2.06. The minimum absolute atomic E-state index is 0.250. The van der Waals surface area contributed by atoms with Gasteiger partial charge in [-0.3, -0.25) is 4.68 Å². The predicted molar refractivity (Wildman–Crippen MR) is 85.6 cm³/mol. The van der Waals surface area contributed by atoms with Crippen LogP contribution in [0, 0.1) is 0 Å². The van der Waals surface area contributed by atoms with E-state index in [1.54, 1.807) is 18.0 Å². The highest BCUT2D eigenvalue weighted by atomic mass is 16.5. The van der Waals surface area contributed by atoms with E-state index in [4.69, 9.17) is 4.74 Å². The average molecular weight is 302 g/mol. The van der Waals surface area contributed by atoms with Crippen LogP contribution in [0.15, 0.2) is 36.7 Å². The van der Waals surface area contributed by atoms with Crippen molar-refractivity contribution in [2.24, 2.45) is 0 Å². The number of anilines is 1. The van der Waals surface area contributed by atoms with Crippen LogP contribution >= 0.6 is 0 Å². The van der Waals surface area contributed by atoms with Crippen LogP contribution in [-0.2, 0) is 17.9 Å². The molecule has 0 radical (unpaired) electrons. The van der Waals surface area contributed by atoms with Crippen LogP contribution in [0.2, 0.25) is 0 Å². The Morgan fingerprint density at radius 2 is 2.14 bits per heavy atom. The Labute approximate surface area is 130 Å². The first kappa shape index (κ1) is 16.0. The number of rotatable bonds is 6. The van der Waals surface area contributed by atoms with E-state index in [1.165, 1.54) is 0 Å². The van der Waals surface area contributed by atoms with Crippen LogP contribution in [0.25, 0.3) is 0 Å². The van der Waals surface area contributed by atoms with Crippen molar-refractivity contribution in [2.75, 3.05) is 12.4 Å². The molecule has 22 heavy (non-hydrogen) atoms. The molecule has 0 saturated heterocycles. The highest BCUT2D eigenvalue weighted by Crippen LogP contribution is 2.10. The maximum absolute atomic E-state index is 11.9. The zero-order chi connectivity index (χ0) is 15.9. The third-order valence-electron chi connectivity index (χ3n) is 3.14. The van der Waals surface area contributed by atoms with Gasteiger partial charge < -0.3 is 15.4 Å². The van der Waals surface area contributed by atoms with E-state index in [0.29, 0.717) is 18.8 Å². The summed E-state index contributed by atoms with van der Waals surface area (Å²) >= 11 is 0. The predicted octanol–water partition coefficient (Wildman–Crippen LogP) is 2.93. The van der Waals surface area contributed by atoms with Crippen molar-refractivity contribution in [3.63, 3.8) is 0 Å². The van der Waals surface area contributed by atoms with E-state index < -0.39 is 0 Å². The summed E-state index contributed by atoms with van der Waals surface area (Å²) < 4.78 is 6.90. The summed E-state index contributed by atoms with van der Waals surface area (Å²) in [6.45, 7) is 5.09. The largest absolute Gasteiger partial charge is 0.380 e. The van der Waals surface area contributed by atoms with Crippen LogP contribution in [0.5, 0.6) is 0 Å². The van der Waals surface area contributed by atoms with Crippen LogP contribution < -0.4 is 10.6 Å². The molecule has 6 nitrogen and oxygen atoms in total. The smallest absolute Gasteiger partial charge is 0.319 e. The number of nitrogens with one attached hydrogen (secondary N) is 2. The van der Waals surface area contributed by atoms with Gasteiger partial charge in [0.1, 0.15) is 0 Å². The maximum Gasteiger partial charge on any atom is 0.319 e. The summed E-state index contributed by atoms with van der Waals surface area (Å²) in [5.74, 6) is 0. The van der Waals surface area contributed by atoms with Crippen molar-refractivity contribution >= 4 is 11.7 Å². The molecule has 1 aromatic heterocycles.